The maximum Gasteiger partial charge on any atom is 0.230 e. The van der Waals surface area contributed by atoms with Crippen molar-refractivity contribution in [1.82, 2.24) is 15.3 Å². The fraction of sp³-hybridized carbons (Fsp3) is 0.263. The molecule has 130 valence electrons. The molecule has 1 amide bonds. The van der Waals surface area contributed by atoms with Crippen LogP contribution in [0.5, 0.6) is 0 Å². The molecule has 1 aromatic heterocycles. The molecular formula is C19H20FN3OS. The quantitative estimate of drug-likeness (QED) is 0.675. The van der Waals surface area contributed by atoms with Crippen LogP contribution in [0.15, 0.2) is 48.5 Å². The number of aromatic nitrogens is 2. The number of benzene rings is 2. The number of hydrogen-bond donors (Lipinski definition) is 2. The number of nitrogens with zero attached hydrogens (tertiary/aromatic N) is 1. The van der Waals surface area contributed by atoms with Gasteiger partial charge in [0.05, 0.1) is 22.0 Å². The molecule has 0 aliphatic heterocycles. The zero-order valence-electron chi connectivity index (χ0n) is 14.0. The molecule has 0 saturated heterocycles. The molecule has 25 heavy (non-hydrogen) atoms. The number of carbonyl (C=O) groups is 1. The first-order chi connectivity index (χ1) is 12.1. The van der Waals surface area contributed by atoms with Gasteiger partial charge in [-0.2, -0.15) is 0 Å². The summed E-state index contributed by atoms with van der Waals surface area (Å²) in [5.41, 5.74) is 2.82. The maximum atomic E-state index is 13.1. The van der Waals surface area contributed by atoms with E-state index in [1.54, 1.807) is 6.07 Å². The van der Waals surface area contributed by atoms with Crippen LogP contribution in [-0.2, 0) is 11.2 Å². The standard InChI is InChI=1S/C19H20FN3OS/c1-13(19-22-16-7-2-3-8-17(16)23-19)25-12-18(24)21-10-9-14-5-4-6-15(20)11-14/h2-8,11,13H,9-10,12H2,1H3,(H,21,24)(H,22,23). The Hall–Kier alpha value is -2.34. The molecule has 1 atom stereocenters. The monoisotopic (exact) mass is 357 g/mol. The molecule has 4 nitrogen and oxygen atoms in total. The average molecular weight is 357 g/mol. The van der Waals surface area contributed by atoms with Crippen LogP contribution in [0, 0.1) is 5.82 Å². The van der Waals surface area contributed by atoms with Gasteiger partial charge in [-0.3, -0.25) is 4.79 Å². The van der Waals surface area contributed by atoms with E-state index < -0.39 is 0 Å². The lowest BCUT2D eigenvalue weighted by atomic mass is 10.1. The van der Waals surface area contributed by atoms with Gasteiger partial charge in [0.2, 0.25) is 5.91 Å². The van der Waals surface area contributed by atoms with Crippen molar-refractivity contribution < 1.29 is 9.18 Å². The van der Waals surface area contributed by atoms with Crippen LogP contribution in [0.1, 0.15) is 23.6 Å². The molecule has 0 bridgehead atoms. The summed E-state index contributed by atoms with van der Waals surface area (Å²) in [5, 5.41) is 2.97. The number of amides is 1. The highest BCUT2D eigenvalue weighted by Gasteiger charge is 2.13. The lowest BCUT2D eigenvalue weighted by Gasteiger charge is -2.09. The van der Waals surface area contributed by atoms with E-state index in [9.17, 15) is 9.18 Å². The van der Waals surface area contributed by atoms with Crippen molar-refractivity contribution in [3.8, 4) is 0 Å². The van der Waals surface area contributed by atoms with Gasteiger partial charge in [-0.1, -0.05) is 24.3 Å². The molecule has 3 rings (SSSR count). The Labute approximate surface area is 150 Å². The molecule has 0 radical (unpaired) electrons. The molecule has 0 saturated carbocycles. The van der Waals surface area contributed by atoms with Crippen molar-refractivity contribution in [1.29, 1.82) is 0 Å². The Morgan fingerprint density at radius 2 is 2.12 bits per heavy atom. The first-order valence-corrected chi connectivity index (χ1v) is 9.24. The Morgan fingerprint density at radius 1 is 1.28 bits per heavy atom. The van der Waals surface area contributed by atoms with Crippen molar-refractivity contribution in [2.75, 3.05) is 12.3 Å². The first-order valence-electron chi connectivity index (χ1n) is 8.19. The number of hydrogen-bond acceptors (Lipinski definition) is 3. The van der Waals surface area contributed by atoms with Crippen LogP contribution < -0.4 is 5.32 Å². The molecule has 3 aromatic rings. The molecule has 0 spiro atoms. The Bertz CT molecular complexity index is 832. The summed E-state index contributed by atoms with van der Waals surface area (Å²) in [6, 6.07) is 14.3. The third kappa shape index (κ3) is 4.82. The summed E-state index contributed by atoms with van der Waals surface area (Å²) in [5.74, 6) is 0.962. The summed E-state index contributed by atoms with van der Waals surface area (Å²) in [4.78, 5) is 19.8. The summed E-state index contributed by atoms with van der Waals surface area (Å²) in [7, 11) is 0. The fourth-order valence-corrected chi connectivity index (χ4v) is 3.31. The van der Waals surface area contributed by atoms with Crippen LogP contribution in [0.25, 0.3) is 11.0 Å². The number of rotatable bonds is 7. The Balaban J connectivity index is 1.43. The minimum absolute atomic E-state index is 0.0237. The van der Waals surface area contributed by atoms with E-state index in [1.807, 2.05) is 37.3 Å². The van der Waals surface area contributed by atoms with E-state index >= 15 is 0 Å². The van der Waals surface area contributed by atoms with Crippen LogP contribution >= 0.6 is 11.8 Å². The van der Waals surface area contributed by atoms with Gasteiger partial charge in [-0.05, 0) is 43.2 Å². The molecule has 6 heteroatoms. The highest BCUT2D eigenvalue weighted by atomic mass is 32.2. The number of halogens is 1. The lowest BCUT2D eigenvalue weighted by molar-refractivity contribution is -0.118. The van der Waals surface area contributed by atoms with Crippen LogP contribution in [0.3, 0.4) is 0 Å². The minimum Gasteiger partial charge on any atom is -0.355 e. The van der Waals surface area contributed by atoms with Crippen LogP contribution in [0.4, 0.5) is 4.39 Å². The van der Waals surface area contributed by atoms with Gasteiger partial charge >= 0.3 is 0 Å². The lowest BCUT2D eigenvalue weighted by Crippen LogP contribution is -2.27. The molecule has 2 aromatic carbocycles. The maximum absolute atomic E-state index is 13.1. The molecule has 1 heterocycles. The number of carbonyl (C=O) groups excluding carboxylic acids is 1. The largest absolute Gasteiger partial charge is 0.355 e. The summed E-state index contributed by atoms with van der Waals surface area (Å²) in [6.07, 6.45) is 0.618. The molecule has 1 unspecified atom stereocenters. The van der Waals surface area contributed by atoms with Gasteiger partial charge in [0.25, 0.3) is 0 Å². The molecule has 0 fully saturated rings. The number of fused-ring (bicyclic) bond motifs is 1. The van der Waals surface area contributed by atoms with Gasteiger partial charge in [-0.25, -0.2) is 9.37 Å². The van der Waals surface area contributed by atoms with Gasteiger partial charge in [0.15, 0.2) is 0 Å². The second-order valence-corrected chi connectivity index (χ2v) is 7.15. The molecular weight excluding hydrogens is 337 g/mol. The molecule has 2 N–H and O–H groups in total. The van der Waals surface area contributed by atoms with Gasteiger partial charge in [-0.15, -0.1) is 11.8 Å². The van der Waals surface area contributed by atoms with Gasteiger partial charge in [0.1, 0.15) is 11.6 Å². The predicted molar refractivity (Wildman–Crippen MR) is 100 cm³/mol. The fourth-order valence-electron chi connectivity index (χ4n) is 2.53. The third-order valence-corrected chi connectivity index (χ3v) is 5.03. The van der Waals surface area contributed by atoms with E-state index in [0.29, 0.717) is 18.7 Å². The first kappa shape index (κ1) is 17.5. The molecule has 0 aliphatic rings. The predicted octanol–water partition coefficient (Wildman–Crippen LogP) is 3.86. The van der Waals surface area contributed by atoms with Gasteiger partial charge in [0, 0.05) is 6.54 Å². The number of nitrogens with one attached hydrogen (secondary N) is 2. The third-order valence-electron chi connectivity index (χ3n) is 3.88. The van der Waals surface area contributed by atoms with Crippen molar-refractivity contribution in [3.05, 3.63) is 65.7 Å². The van der Waals surface area contributed by atoms with Crippen molar-refractivity contribution in [2.24, 2.45) is 0 Å². The number of aromatic amines is 1. The smallest absolute Gasteiger partial charge is 0.230 e. The number of para-hydroxylation sites is 2. The number of imidazole rings is 1. The number of H-pyrrole nitrogens is 1. The van der Waals surface area contributed by atoms with Crippen LogP contribution in [-0.4, -0.2) is 28.2 Å². The summed E-state index contributed by atoms with van der Waals surface area (Å²) in [6.45, 7) is 2.53. The average Bonchev–Trinajstić information content (AvgIpc) is 3.04. The van der Waals surface area contributed by atoms with E-state index in [1.165, 1.54) is 23.9 Å². The van der Waals surface area contributed by atoms with E-state index in [2.05, 4.69) is 15.3 Å². The second kappa shape index (κ2) is 8.16. The zero-order valence-corrected chi connectivity index (χ0v) is 14.8. The van der Waals surface area contributed by atoms with Gasteiger partial charge < -0.3 is 10.3 Å². The van der Waals surface area contributed by atoms with Crippen molar-refractivity contribution in [3.63, 3.8) is 0 Å². The topological polar surface area (TPSA) is 57.8 Å². The Morgan fingerprint density at radius 3 is 2.92 bits per heavy atom. The van der Waals surface area contributed by atoms with Crippen molar-refractivity contribution in [2.45, 2.75) is 18.6 Å². The highest BCUT2D eigenvalue weighted by Crippen LogP contribution is 2.27. The van der Waals surface area contributed by atoms with E-state index in [0.717, 1.165) is 22.4 Å². The second-order valence-electron chi connectivity index (χ2n) is 5.82. The zero-order chi connectivity index (χ0) is 17.6. The number of thioether (sulfide) groups is 1. The summed E-state index contributed by atoms with van der Waals surface area (Å²) >= 11 is 1.54. The highest BCUT2D eigenvalue weighted by molar-refractivity contribution is 8.00. The van der Waals surface area contributed by atoms with E-state index in [4.69, 9.17) is 0 Å². The van der Waals surface area contributed by atoms with Crippen LogP contribution in [0.2, 0.25) is 0 Å². The Kier molecular flexibility index (Phi) is 5.71. The normalized spacial score (nSPS) is 12.2. The summed E-state index contributed by atoms with van der Waals surface area (Å²) < 4.78 is 13.1. The SMILES string of the molecule is CC(SCC(=O)NCCc1cccc(F)c1)c1nc2ccccc2[nH]1. The van der Waals surface area contributed by atoms with E-state index in [-0.39, 0.29) is 17.0 Å². The minimum atomic E-state index is -0.251. The molecule has 0 aliphatic carbocycles. The van der Waals surface area contributed by atoms with Crippen molar-refractivity contribution >= 4 is 28.7 Å².